The second-order valence-electron chi connectivity index (χ2n) is 10.2. The number of fused-ring (bicyclic) bond motifs is 1. The van der Waals surface area contributed by atoms with Gasteiger partial charge in [0.1, 0.15) is 18.1 Å². The van der Waals surface area contributed by atoms with Gasteiger partial charge in [-0.2, -0.15) is 0 Å². The molecule has 10 N–H and O–H groups in total. The first-order chi connectivity index (χ1) is 19.5. The molecule has 0 aliphatic heterocycles. The molecule has 2 rings (SSSR count). The van der Waals surface area contributed by atoms with Crippen LogP contribution in [0.5, 0.6) is 0 Å². The molecular weight excluding hydrogens is 532 g/mol. The number of nitrogens with one attached hydrogen (secondary N) is 4. The van der Waals surface area contributed by atoms with Gasteiger partial charge in [-0.3, -0.25) is 19.2 Å². The average molecular weight is 575 g/mol. The lowest BCUT2D eigenvalue weighted by Gasteiger charge is -2.28. The lowest BCUT2D eigenvalue weighted by atomic mass is 9.96. The smallest absolute Gasteiger partial charge is 0.326 e. The summed E-state index contributed by atoms with van der Waals surface area (Å²) in [6.45, 7) is 4.12. The molecule has 3 amide bonds. The molecule has 41 heavy (non-hydrogen) atoms. The van der Waals surface area contributed by atoms with Crippen molar-refractivity contribution in [2.75, 3.05) is 6.54 Å². The summed E-state index contributed by atoms with van der Waals surface area (Å²) in [6.07, 6.45) is 3.21. The summed E-state index contributed by atoms with van der Waals surface area (Å²) in [5.41, 5.74) is 13.0. The number of carboxylic acids is 2. The molecule has 0 aliphatic rings. The number of carboxylic acid groups (broad SMARTS) is 2. The number of benzene rings is 1. The molecule has 13 heteroatoms. The molecule has 0 aliphatic carbocycles. The van der Waals surface area contributed by atoms with Crippen LogP contribution in [0.1, 0.15) is 57.9 Å². The predicted molar refractivity (Wildman–Crippen MR) is 153 cm³/mol. The fourth-order valence-corrected chi connectivity index (χ4v) is 4.39. The summed E-state index contributed by atoms with van der Waals surface area (Å²) in [6, 6.07) is 2.82. The highest BCUT2D eigenvalue weighted by Gasteiger charge is 2.33. The van der Waals surface area contributed by atoms with Gasteiger partial charge in [-0.05, 0) is 43.4 Å². The number of nitrogens with two attached hydrogens (primary N) is 2. The van der Waals surface area contributed by atoms with Crippen LogP contribution in [0.2, 0.25) is 0 Å². The Labute approximate surface area is 238 Å². The number of unbranched alkanes of at least 4 members (excludes halogenated alkanes) is 1. The quantitative estimate of drug-likeness (QED) is 0.116. The first-order valence-corrected chi connectivity index (χ1v) is 13.8. The Morgan fingerprint density at radius 2 is 1.61 bits per heavy atom. The van der Waals surface area contributed by atoms with Gasteiger partial charge < -0.3 is 42.6 Å². The van der Waals surface area contributed by atoms with Gasteiger partial charge in [0.15, 0.2) is 0 Å². The molecule has 1 heterocycles. The Morgan fingerprint density at radius 1 is 0.927 bits per heavy atom. The highest BCUT2D eigenvalue weighted by Crippen LogP contribution is 2.20. The van der Waals surface area contributed by atoms with E-state index in [0.29, 0.717) is 37.8 Å². The number of H-pyrrole nitrogens is 1. The first-order valence-electron chi connectivity index (χ1n) is 13.8. The zero-order valence-corrected chi connectivity index (χ0v) is 23.5. The van der Waals surface area contributed by atoms with Crippen LogP contribution < -0.4 is 27.4 Å². The van der Waals surface area contributed by atoms with Crippen LogP contribution in [0.25, 0.3) is 10.9 Å². The number of hydrogen-bond donors (Lipinski definition) is 8. The topological polar surface area (TPSA) is 230 Å². The van der Waals surface area contributed by atoms with Crippen molar-refractivity contribution in [1.29, 1.82) is 0 Å². The van der Waals surface area contributed by atoms with E-state index in [2.05, 4.69) is 20.9 Å². The van der Waals surface area contributed by atoms with Gasteiger partial charge in [-0.25, -0.2) is 4.79 Å². The van der Waals surface area contributed by atoms with Crippen LogP contribution in [-0.2, 0) is 30.4 Å². The third kappa shape index (κ3) is 10.2. The van der Waals surface area contributed by atoms with Crippen molar-refractivity contribution in [1.82, 2.24) is 20.9 Å². The molecule has 0 radical (unpaired) electrons. The van der Waals surface area contributed by atoms with E-state index >= 15 is 0 Å². The largest absolute Gasteiger partial charge is 0.481 e. The third-order valence-electron chi connectivity index (χ3n) is 7.09. The van der Waals surface area contributed by atoms with E-state index in [1.165, 1.54) is 0 Å². The average Bonchev–Trinajstić information content (AvgIpc) is 3.35. The monoisotopic (exact) mass is 574 g/mol. The maximum absolute atomic E-state index is 13.5. The Hall–Kier alpha value is -3.97. The Balaban J connectivity index is 2.30. The van der Waals surface area contributed by atoms with Crippen molar-refractivity contribution in [3.05, 3.63) is 36.0 Å². The molecule has 5 atom stereocenters. The molecule has 1 aromatic carbocycles. The maximum Gasteiger partial charge on any atom is 0.326 e. The van der Waals surface area contributed by atoms with Crippen molar-refractivity contribution in [3.63, 3.8) is 0 Å². The molecule has 13 nitrogen and oxygen atoms in total. The lowest BCUT2D eigenvalue weighted by molar-refractivity contribution is -0.143. The van der Waals surface area contributed by atoms with Crippen molar-refractivity contribution in [2.45, 2.75) is 83.0 Å². The fourth-order valence-electron chi connectivity index (χ4n) is 4.39. The van der Waals surface area contributed by atoms with Crippen molar-refractivity contribution in [2.24, 2.45) is 17.4 Å². The zero-order chi connectivity index (χ0) is 30.5. The number of carbonyl (C=O) groups is 5. The summed E-state index contributed by atoms with van der Waals surface area (Å²) >= 11 is 0. The maximum atomic E-state index is 13.5. The highest BCUT2D eigenvalue weighted by molar-refractivity contribution is 5.95. The molecule has 1 aromatic heterocycles. The predicted octanol–water partition coefficient (Wildman–Crippen LogP) is 0.617. The van der Waals surface area contributed by atoms with Crippen molar-refractivity contribution < 1.29 is 34.2 Å². The molecule has 5 unspecified atom stereocenters. The SMILES string of the molecule is CCC(C)C(NC(=O)C(N)CCCCN)C(=O)NC(Cc1c[nH]c2ccccc12)C(=O)NC(CCC(=O)O)C(=O)O. The van der Waals surface area contributed by atoms with Gasteiger partial charge in [0.25, 0.3) is 0 Å². The van der Waals surface area contributed by atoms with Gasteiger partial charge >= 0.3 is 11.9 Å². The number of aromatic amines is 1. The summed E-state index contributed by atoms with van der Waals surface area (Å²) in [4.78, 5) is 65.5. The van der Waals surface area contributed by atoms with E-state index in [-0.39, 0.29) is 18.8 Å². The number of amides is 3. The van der Waals surface area contributed by atoms with E-state index in [1.54, 1.807) is 13.1 Å². The van der Waals surface area contributed by atoms with Crippen LogP contribution in [0.3, 0.4) is 0 Å². The Bertz CT molecular complexity index is 1200. The van der Waals surface area contributed by atoms with Gasteiger partial charge in [0, 0.05) is 29.9 Å². The zero-order valence-electron chi connectivity index (χ0n) is 23.5. The number of carbonyl (C=O) groups excluding carboxylic acids is 3. The van der Waals surface area contributed by atoms with Crippen molar-refractivity contribution >= 4 is 40.6 Å². The van der Waals surface area contributed by atoms with Crippen LogP contribution in [0.4, 0.5) is 0 Å². The van der Waals surface area contributed by atoms with Crippen molar-refractivity contribution in [3.8, 4) is 0 Å². The number of para-hydroxylation sites is 1. The normalized spacial score (nSPS) is 14.8. The summed E-state index contributed by atoms with van der Waals surface area (Å²) < 4.78 is 0. The summed E-state index contributed by atoms with van der Waals surface area (Å²) in [7, 11) is 0. The summed E-state index contributed by atoms with van der Waals surface area (Å²) in [5, 5.41) is 27.1. The van der Waals surface area contributed by atoms with E-state index in [0.717, 1.165) is 10.9 Å². The second kappa shape index (κ2) is 16.3. The van der Waals surface area contributed by atoms with Gasteiger partial charge in [0.2, 0.25) is 17.7 Å². The third-order valence-corrected chi connectivity index (χ3v) is 7.09. The molecule has 226 valence electrons. The van der Waals surface area contributed by atoms with Gasteiger partial charge in [-0.15, -0.1) is 0 Å². The second-order valence-corrected chi connectivity index (χ2v) is 10.2. The minimum Gasteiger partial charge on any atom is -0.481 e. The van der Waals surface area contributed by atoms with Gasteiger partial charge in [-0.1, -0.05) is 44.9 Å². The van der Waals surface area contributed by atoms with Crippen LogP contribution in [0, 0.1) is 5.92 Å². The summed E-state index contributed by atoms with van der Waals surface area (Å²) in [5.74, 6) is -4.84. The molecule has 2 aromatic rings. The number of hydrogen-bond acceptors (Lipinski definition) is 7. The number of rotatable bonds is 18. The number of aliphatic carboxylic acids is 2. The van der Waals surface area contributed by atoms with E-state index in [4.69, 9.17) is 16.6 Å². The Morgan fingerprint density at radius 3 is 2.24 bits per heavy atom. The van der Waals surface area contributed by atoms with Crippen LogP contribution in [0.15, 0.2) is 30.5 Å². The van der Waals surface area contributed by atoms with Crippen LogP contribution in [-0.4, -0.2) is 75.6 Å². The molecule has 0 fully saturated rings. The highest BCUT2D eigenvalue weighted by atomic mass is 16.4. The number of aromatic nitrogens is 1. The first kappa shape index (κ1) is 33.2. The standard InChI is InChI=1S/C28H42N6O7/c1-3-16(2)24(34-25(37)19(30)9-6-7-13-29)27(39)33-22(14-17-15-31-20-10-5-4-8-18(17)20)26(38)32-21(28(40)41)11-12-23(35)36/h4-5,8,10,15-16,19,21-22,24,31H,3,6-7,9,11-14,29-30H2,1-2H3,(H,32,38)(H,33,39)(H,34,37)(H,35,36)(H,40,41). The van der Waals surface area contributed by atoms with E-state index in [9.17, 15) is 29.1 Å². The minimum absolute atomic E-state index is 0.00658. The fraction of sp³-hybridized carbons (Fsp3) is 0.536. The van der Waals surface area contributed by atoms with E-state index in [1.807, 2.05) is 31.2 Å². The van der Waals surface area contributed by atoms with Crippen LogP contribution >= 0.6 is 0 Å². The lowest BCUT2D eigenvalue weighted by Crippen LogP contribution is -2.59. The molecule has 0 saturated carbocycles. The molecule has 0 spiro atoms. The molecule has 0 saturated heterocycles. The molecular formula is C28H42N6O7. The molecule has 0 bridgehead atoms. The Kier molecular flexibility index (Phi) is 13.2. The minimum atomic E-state index is -1.47. The van der Waals surface area contributed by atoms with E-state index < -0.39 is 60.2 Å². The van der Waals surface area contributed by atoms with Gasteiger partial charge in [0.05, 0.1) is 6.04 Å².